The zero-order valence-electron chi connectivity index (χ0n) is 14.2. The average molecular weight is 416 g/mol. The molecule has 1 amide bonds. The SMILES string of the molecule is CCn1cc(CNC(=O)C2(C)CC(c3cc(Cl)cc(Cl)c3)=NO2)c(Cl)n1. The van der Waals surface area contributed by atoms with E-state index in [1.54, 1.807) is 36.0 Å². The molecular formula is C17H17Cl3N4O2. The fourth-order valence-corrected chi connectivity index (χ4v) is 3.36. The van der Waals surface area contributed by atoms with Crippen molar-refractivity contribution in [1.82, 2.24) is 15.1 Å². The summed E-state index contributed by atoms with van der Waals surface area (Å²) in [5.41, 5.74) is 0.971. The Labute approximate surface area is 166 Å². The number of hydrogen-bond donors (Lipinski definition) is 1. The number of carbonyl (C=O) groups excluding carboxylic acids is 1. The van der Waals surface area contributed by atoms with Crippen LogP contribution in [0, 0.1) is 0 Å². The summed E-state index contributed by atoms with van der Waals surface area (Å²) in [6.45, 7) is 4.60. The van der Waals surface area contributed by atoms with Crippen LogP contribution in [0.25, 0.3) is 0 Å². The number of aromatic nitrogens is 2. The zero-order valence-corrected chi connectivity index (χ0v) is 16.5. The van der Waals surface area contributed by atoms with Crippen molar-refractivity contribution < 1.29 is 9.63 Å². The van der Waals surface area contributed by atoms with Crippen LogP contribution in [0.4, 0.5) is 0 Å². The molecule has 1 aromatic heterocycles. The van der Waals surface area contributed by atoms with E-state index in [9.17, 15) is 4.79 Å². The van der Waals surface area contributed by atoms with Crippen LogP contribution in [0.2, 0.25) is 15.2 Å². The van der Waals surface area contributed by atoms with Gasteiger partial charge in [0.25, 0.3) is 5.91 Å². The third kappa shape index (κ3) is 3.98. The van der Waals surface area contributed by atoms with Crippen molar-refractivity contribution in [3.63, 3.8) is 0 Å². The molecule has 0 radical (unpaired) electrons. The van der Waals surface area contributed by atoms with Crippen molar-refractivity contribution in [2.75, 3.05) is 0 Å². The van der Waals surface area contributed by atoms with E-state index in [0.717, 1.165) is 11.1 Å². The highest BCUT2D eigenvalue weighted by Gasteiger charge is 2.42. The van der Waals surface area contributed by atoms with Gasteiger partial charge in [-0.3, -0.25) is 9.48 Å². The van der Waals surface area contributed by atoms with Crippen LogP contribution in [0.3, 0.4) is 0 Å². The molecule has 1 unspecified atom stereocenters. The Balaban J connectivity index is 1.66. The van der Waals surface area contributed by atoms with Gasteiger partial charge in [0.2, 0.25) is 5.60 Å². The maximum absolute atomic E-state index is 12.6. The minimum absolute atomic E-state index is 0.259. The molecular weight excluding hydrogens is 399 g/mol. The van der Waals surface area contributed by atoms with E-state index in [2.05, 4.69) is 15.6 Å². The Kier molecular flexibility index (Phi) is 5.46. The Morgan fingerprint density at radius 3 is 2.62 bits per heavy atom. The monoisotopic (exact) mass is 414 g/mol. The molecule has 0 fully saturated rings. The van der Waals surface area contributed by atoms with Gasteiger partial charge in [-0.05, 0) is 32.0 Å². The molecule has 2 heterocycles. The number of nitrogens with zero attached hydrogens (tertiary/aromatic N) is 3. The molecule has 6 nitrogen and oxygen atoms in total. The van der Waals surface area contributed by atoms with Gasteiger partial charge in [-0.25, -0.2) is 0 Å². The van der Waals surface area contributed by atoms with Gasteiger partial charge in [-0.1, -0.05) is 40.0 Å². The second kappa shape index (κ2) is 7.47. The lowest BCUT2D eigenvalue weighted by atomic mass is 9.95. The Morgan fingerprint density at radius 2 is 2.00 bits per heavy atom. The quantitative estimate of drug-likeness (QED) is 0.800. The molecule has 1 aliphatic heterocycles. The second-order valence-electron chi connectivity index (χ2n) is 6.18. The maximum atomic E-state index is 12.6. The minimum atomic E-state index is -1.11. The van der Waals surface area contributed by atoms with Gasteiger partial charge in [0.05, 0.1) is 5.71 Å². The number of nitrogens with one attached hydrogen (secondary N) is 1. The molecule has 0 spiro atoms. The van der Waals surface area contributed by atoms with Crippen LogP contribution in [-0.2, 0) is 22.7 Å². The van der Waals surface area contributed by atoms with E-state index < -0.39 is 5.60 Å². The number of amides is 1. The van der Waals surface area contributed by atoms with E-state index in [1.165, 1.54) is 0 Å². The van der Waals surface area contributed by atoms with Crippen molar-refractivity contribution in [2.45, 2.75) is 39.0 Å². The van der Waals surface area contributed by atoms with Crippen molar-refractivity contribution in [3.05, 3.63) is 50.7 Å². The average Bonchev–Trinajstić information content (AvgIpc) is 3.16. The van der Waals surface area contributed by atoms with Crippen LogP contribution < -0.4 is 5.32 Å². The van der Waals surface area contributed by atoms with Gasteiger partial charge in [0.15, 0.2) is 5.15 Å². The van der Waals surface area contributed by atoms with Gasteiger partial charge in [-0.15, -0.1) is 0 Å². The third-order valence-electron chi connectivity index (χ3n) is 4.09. The normalized spacial score (nSPS) is 19.2. The Hall–Kier alpha value is -1.76. The molecule has 1 aromatic carbocycles. The highest BCUT2D eigenvalue weighted by molar-refractivity contribution is 6.35. The molecule has 1 aliphatic rings. The Bertz CT molecular complexity index is 861. The topological polar surface area (TPSA) is 68.5 Å². The van der Waals surface area contributed by atoms with Crippen molar-refractivity contribution in [2.24, 2.45) is 5.16 Å². The molecule has 138 valence electrons. The first-order valence-corrected chi connectivity index (χ1v) is 9.16. The highest BCUT2D eigenvalue weighted by atomic mass is 35.5. The van der Waals surface area contributed by atoms with Crippen LogP contribution in [0.15, 0.2) is 29.6 Å². The fourth-order valence-electron chi connectivity index (χ4n) is 2.62. The van der Waals surface area contributed by atoms with E-state index in [-0.39, 0.29) is 12.5 Å². The van der Waals surface area contributed by atoms with E-state index >= 15 is 0 Å². The fraction of sp³-hybridized carbons (Fsp3) is 0.353. The number of halogens is 3. The molecule has 1 N–H and O–H groups in total. The van der Waals surface area contributed by atoms with Crippen LogP contribution in [-0.4, -0.2) is 27.0 Å². The summed E-state index contributed by atoms with van der Waals surface area (Å²) in [7, 11) is 0. The predicted octanol–water partition coefficient (Wildman–Crippen LogP) is 4.06. The molecule has 0 saturated heterocycles. The lowest BCUT2D eigenvalue weighted by Crippen LogP contribution is -2.44. The van der Waals surface area contributed by atoms with Gasteiger partial charge in [-0.2, -0.15) is 5.10 Å². The number of benzene rings is 1. The van der Waals surface area contributed by atoms with Gasteiger partial charge >= 0.3 is 0 Å². The standard InChI is InChI=1S/C17H17Cl3N4O2/c1-3-24-9-11(15(20)22-24)8-21-16(25)17(2)7-14(23-26-17)10-4-12(18)6-13(19)5-10/h4-6,9H,3,7-8H2,1-2H3,(H,21,25). The summed E-state index contributed by atoms with van der Waals surface area (Å²) in [5.74, 6) is -0.287. The molecule has 0 saturated carbocycles. The molecule has 2 aromatic rings. The van der Waals surface area contributed by atoms with Crippen LogP contribution in [0.5, 0.6) is 0 Å². The zero-order chi connectivity index (χ0) is 18.9. The molecule has 26 heavy (non-hydrogen) atoms. The number of carbonyl (C=O) groups is 1. The maximum Gasteiger partial charge on any atom is 0.267 e. The molecule has 3 rings (SSSR count). The van der Waals surface area contributed by atoms with Crippen LogP contribution >= 0.6 is 34.8 Å². The number of oxime groups is 1. The first-order chi connectivity index (χ1) is 12.3. The minimum Gasteiger partial charge on any atom is -0.379 e. The predicted molar refractivity (Wildman–Crippen MR) is 102 cm³/mol. The van der Waals surface area contributed by atoms with Crippen LogP contribution in [0.1, 0.15) is 31.4 Å². The summed E-state index contributed by atoms with van der Waals surface area (Å²) >= 11 is 18.1. The van der Waals surface area contributed by atoms with E-state index in [0.29, 0.717) is 33.9 Å². The molecule has 0 bridgehead atoms. The lowest BCUT2D eigenvalue weighted by Gasteiger charge is -2.20. The van der Waals surface area contributed by atoms with Crippen molar-refractivity contribution in [3.8, 4) is 0 Å². The molecule has 0 aliphatic carbocycles. The largest absolute Gasteiger partial charge is 0.379 e. The van der Waals surface area contributed by atoms with Gasteiger partial charge in [0, 0.05) is 46.9 Å². The lowest BCUT2D eigenvalue weighted by molar-refractivity contribution is -0.141. The summed E-state index contributed by atoms with van der Waals surface area (Å²) in [6, 6.07) is 5.10. The van der Waals surface area contributed by atoms with E-state index in [4.69, 9.17) is 39.6 Å². The summed E-state index contributed by atoms with van der Waals surface area (Å²) in [4.78, 5) is 18.0. The van der Waals surface area contributed by atoms with Crippen molar-refractivity contribution in [1.29, 1.82) is 0 Å². The smallest absolute Gasteiger partial charge is 0.267 e. The first kappa shape index (κ1) is 19.0. The van der Waals surface area contributed by atoms with Crippen molar-refractivity contribution >= 4 is 46.4 Å². The van der Waals surface area contributed by atoms with Gasteiger partial charge in [0.1, 0.15) is 0 Å². The first-order valence-electron chi connectivity index (χ1n) is 8.02. The number of hydrogen-bond acceptors (Lipinski definition) is 4. The third-order valence-corrected chi connectivity index (χ3v) is 4.84. The van der Waals surface area contributed by atoms with E-state index in [1.807, 2.05) is 6.92 Å². The second-order valence-corrected chi connectivity index (χ2v) is 7.41. The highest BCUT2D eigenvalue weighted by Crippen LogP contribution is 2.29. The van der Waals surface area contributed by atoms with Gasteiger partial charge < -0.3 is 10.2 Å². The summed E-state index contributed by atoms with van der Waals surface area (Å²) < 4.78 is 1.71. The Morgan fingerprint density at radius 1 is 1.31 bits per heavy atom. The number of rotatable bonds is 5. The number of aryl methyl sites for hydroxylation is 1. The summed E-state index contributed by atoms with van der Waals surface area (Å²) in [6.07, 6.45) is 2.10. The molecule has 1 atom stereocenters. The molecule has 9 heteroatoms. The summed E-state index contributed by atoms with van der Waals surface area (Å²) in [5, 5.41) is 12.4.